The molecule has 3 aromatic rings. The first-order valence-electron chi connectivity index (χ1n) is 6.44. The van der Waals surface area contributed by atoms with Crippen LogP contribution in [0.4, 0.5) is 0 Å². The Morgan fingerprint density at radius 3 is 2.40 bits per heavy atom. The Kier molecular flexibility index (Phi) is 3.11. The Morgan fingerprint density at radius 2 is 1.70 bits per heavy atom. The summed E-state index contributed by atoms with van der Waals surface area (Å²) >= 11 is 5.88. The van der Waals surface area contributed by atoms with Crippen LogP contribution in [0.5, 0.6) is 0 Å². The number of carbonyl (C=O) groups is 1. The van der Waals surface area contributed by atoms with Crippen LogP contribution in [0.3, 0.4) is 0 Å². The van der Waals surface area contributed by atoms with E-state index in [0.717, 1.165) is 22.2 Å². The van der Waals surface area contributed by atoms with Crippen molar-refractivity contribution in [1.29, 1.82) is 0 Å². The molecular weight excluding hydrogens is 270 g/mol. The molecule has 0 saturated carbocycles. The van der Waals surface area contributed by atoms with Crippen molar-refractivity contribution in [1.82, 2.24) is 4.57 Å². The summed E-state index contributed by atoms with van der Waals surface area (Å²) < 4.78 is 2.05. The molecular formula is C17H14ClNO. The molecule has 0 fully saturated rings. The molecule has 0 radical (unpaired) electrons. The number of rotatable bonds is 2. The van der Waals surface area contributed by atoms with Crippen molar-refractivity contribution < 1.29 is 4.79 Å². The van der Waals surface area contributed by atoms with Gasteiger partial charge in [-0.2, -0.15) is 0 Å². The van der Waals surface area contributed by atoms with Crippen LogP contribution >= 0.6 is 11.6 Å². The van der Waals surface area contributed by atoms with Gasteiger partial charge in [0.15, 0.2) is 5.78 Å². The van der Waals surface area contributed by atoms with Gasteiger partial charge in [-0.3, -0.25) is 4.79 Å². The van der Waals surface area contributed by atoms with E-state index in [9.17, 15) is 4.79 Å². The molecule has 0 N–H and O–H groups in total. The molecule has 2 nitrogen and oxygen atoms in total. The minimum atomic E-state index is 0.0379. The average Bonchev–Trinajstić information content (AvgIpc) is 2.72. The van der Waals surface area contributed by atoms with E-state index >= 15 is 0 Å². The summed E-state index contributed by atoms with van der Waals surface area (Å²) in [5, 5.41) is 1.63. The Balaban J connectivity index is 2.22. The van der Waals surface area contributed by atoms with Crippen LogP contribution in [0.1, 0.15) is 21.6 Å². The van der Waals surface area contributed by atoms with Gasteiger partial charge in [0.05, 0.1) is 5.56 Å². The number of fused-ring (bicyclic) bond motifs is 1. The van der Waals surface area contributed by atoms with Crippen molar-refractivity contribution >= 4 is 28.3 Å². The Morgan fingerprint density at radius 1 is 1.05 bits per heavy atom. The lowest BCUT2D eigenvalue weighted by Gasteiger charge is -2.02. The number of aryl methyl sites for hydroxylation is 1. The summed E-state index contributed by atoms with van der Waals surface area (Å²) in [6, 6.07) is 15.0. The van der Waals surface area contributed by atoms with E-state index in [-0.39, 0.29) is 5.78 Å². The predicted molar refractivity (Wildman–Crippen MR) is 82.5 cm³/mol. The number of hydrogen-bond donors (Lipinski definition) is 0. The molecule has 2 aromatic carbocycles. The molecule has 0 bridgehead atoms. The largest absolute Gasteiger partial charge is 0.347 e. The number of carbonyl (C=O) groups excluding carboxylic acids is 1. The second-order valence-electron chi connectivity index (χ2n) is 4.87. The fourth-order valence-electron chi connectivity index (χ4n) is 2.55. The maximum atomic E-state index is 12.7. The third-order valence-electron chi connectivity index (χ3n) is 3.73. The molecule has 0 spiro atoms. The highest BCUT2D eigenvalue weighted by molar-refractivity contribution is 6.30. The molecule has 3 heteroatoms. The second-order valence-corrected chi connectivity index (χ2v) is 5.31. The molecule has 1 heterocycles. The first-order chi connectivity index (χ1) is 9.59. The van der Waals surface area contributed by atoms with Gasteiger partial charge in [0.25, 0.3) is 0 Å². The fraction of sp³-hybridized carbons (Fsp3) is 0.118. The molecule has 1 aromatic heterocycles. The van der Waals surface area contributed by atoms with Crippen molar-refractivity contribution in [2.45, 2.75) is 6.92 Å². The Bertz CT molecular complexity index is 800. The number of hydrogen-bond acceptors (Lipinski definition) is 1. The summed E-state index contributed by atoms with van der Waals surface area (Å²) in [5.74, 6) is 0.0379. The van der Waals surface area contributed by atoms with Gasteiger partial charge >= 0.3 is 0 Å². The van der Waals surface area contributed by atoms with Gasteiger partial charge in [-0.05, 0) is 37.3 Å². The maximum Gasteiger partial charge on any atom is 0.195 e. The zero-order chi connectivity index (χ0) is 14.3. The van der Waals surface area contributed by atoms with Crippen LogP contribution in [0.15, 0.2) is 48.5 Å². The van der Waals surface area contributed by atoms with E-state index < -0.39 is 0 Å². The lowest BCUT2D eigenvalue weighted by molar-refractivity contribution is 0.103. The molecule has 100 valence electrons. The minimum absolute atomic E-state index is 0.0379. The molecule has 20 heavy (non-hydrogen) atoms. The highest BCUT2D eigenvalue weighted by atomic mass is 35.5. The Hall–Kier alpha value is -2.06. The van der Waals surface area contributed by atoms with Crippen molar-refractivity contribution in [3.05, 3.63) is 70.4 Å². The van der Waals surface area contributed by atoms with Crippen LogP contribution in [-0.4, -0.2) is 10.4 Å². The normalized spacial score (nSPS) is 10.9. The van der Waals surface area contributed by atoms with Gasteiger partial charge < -0.3 is 4.57 Å². The van der Waals surface area contributed by atoms with Gasteiger partial charge in [0.2, 0.25) is 0 Å². The summed E-state index contributed by atoms with van der Waals surface area (Å²) in [5.41, 5.74) is 3.48. The van der Waals surface area contributed by atoms with Gasteiger partial charge in [0, 0.05) is 34.2 Å². The zero-order valence-corrected chi connectivity index (χ0v) is 12.1. The van der Waals surface area contributed by atoms with E-state index in [1.807, 2.05) is 38.2 Å². The van der Waals surface area contributed by atoms with Crippen LogP contribution in [-0.2, 0) is 7.05 Å². The second kappa shape index (κ2) is 4.80. The lowest BCUT2D eigenvalue weighted by atomic mass is 10.0. The molecule has 0 saturated heterocycles. The van der Waals surface area contributed by atoms with Gasteiger partial charge in [0.1, 0.15) is 0 Å². The van der Waals surface area contributed by atoms with Crippen LogP contribution in [0.25, 0.3) is 10.9 Å². The third kappa shape index (κ3) is 1.93. The van der Waals surface area contributed by atoms with E-state index in [4.69, 9.17) is 11.6 Å². The average molecular weight is 284 g/mol. The van der Waals surface area contributed by atoms with Gasteiger partial charge in [-0.15, -0.1) is 0 Å². The molecule has 0 unspecified atom stereocenters. The number of para-hydroxylation sites is 1. The smallest absolute Gasteiger partial charge is 0.195 e. The SMILES string of the molecule is Cc1c(C(=O)c2ccc(Cl)cc2)c2ccccc2n1C. The highest BCUT2D eigenvalue weighted by Gasteiger charge is 2.19. The van der Waals surface area contributed by atoms with Crippen LogP contribution in [0, 0.1) is 6.92 Å². The van der Waals surface area contributed by atoms with E-state index in [1.165, 1.54) is 0 Å². The van der Waals surface area contributed by atoms with Crippen molar-refractivity contribution in [2.24, 2.45) is 7.05 Å². The fourth-order valence-corrected chi connectivity index (χ4v) is 2.68. The summed E-state index contributed by atoms with van der Waals surface area (Å²) in [6.45, 7) is 1.98. The molecule has 0 aliphatic rings. The summed E-state index contributed by atoms with van der Waals surface area (Å²) in [6.07, 6.45) is 0. The van der Waals surface area contributed by atoms with Gasteiger partial charge in [-0.1, -0.05) is 29.8 Å². The minimum Gasteiger partial charge on any atom is -0.347 e. The molecule has 0 aliphatic carbocycles. The quantitative estimate of drug-likeness (QED) is 0.640. The van der Waals surface area contributed by atoms with Crippen LogP contribution in [0.2, 0.25) is 5.02 Å². The highest BCUT2D eigenvalue weighted by Crippen LogP contribution is 2.27. The molecule has 0 aliphatic heterocycles. The van der Waals surface area contributed by atoms with Crippen LogP contribution < -0.4 is 0 Å². The van der Waals surface area contributed by atoms with E-state index in [1.54, 1.807) is 24.3 Å². The van der Waals surface area contributed by atoms with Crippen molar-refractivity contribution in [2.75, 3.05) is 0 Å². The molecule has 0 amide bonds. The van der Waals surface area contributed by atoms with Gasteiger partial charge in [-0.25, -0.2) is 0 Å². The topological polar surface area (TPSA) is 22.0 Å². The summed E-state index contributed by atoms with van der Waals surface area (Å²) in [4.78, 5) is 12.7. The molecule has 3 rings (SSSR count). The summed E-state index contributed by atoms with van der Waals surface area (Å²) in [7, 11) is 1.98. The number of halogens is 1. The lowest BCUT2D eigenvalue weighted by Crippen LogP contribution is -2.03. The van der Waals surface area contributed by atoms with E-state index in [2.05, 4.69) is 4.57 Å². The first kappa shape index (κ1) is 12.9. The Labute approximate surface area is 122 Å². The third-order valence-corrected chi connectivity index (χ3v) is 3.99. The zero-order valence-electron chi connectivity index (χ0n) is 11.4. The molecule has 0 atom stereocenters. The maximum absolute atomic E-state index is 12.7. The predicted octanol–water partition coefficient (Wildman–Crippen LogP) is 4.37. The monoisotopic (exact) mass is 283 g/mol. The van der Waals surface area contributed by atoms with E-state index in [0.29, 0.717) is 10.6 Å². The van der Waals surface area contributed by atoms with Crippen molar-refractivity contribution in [3.63, 3.8) is 0 Å². The number of ketones is 1. The number of aromatic nitrogens is 1. The first-order valence-corrected chi connectivity index (χ1v) is 6.81. The standard InChI is InChI=1S/C17H14ClNO/c1-11-16(14-5-3-4-6-15(14)19(11)2)17(20)12-7-9-13(18)10-8-12/h3-10H,1-2H3. The van der Waals surface area contributed by atoms with Crippen molar-refractivity contribution in [3.8, 4) is 0 Å². The number of benzene rings is 2. The number of nitrogens with zero attached hydrogens (tertiary/aromatic N) is 1.